The van der Waals surface area contributed by atoms with Gasteiger partial charge in [-0.25, -0.2) is 10.4 Å². The van der Waals surface area contributed by atoms with Crippen molar-refractivity contribution in [3.8, 4) is 0 Å². The monoisotopic (exact) mass is 326 g/mol. The Labute approximate surface area is 139 Å². The number of carbonyl (C=O) groups is 1. The van der Waals surface area contributed by atoms with Crippen molar-refractivity contribution in [3.63, 3.8) is 0 Å². The topological polar surface area (TPSA) is 65.8 Å². The summed E-state index contributed by atoms with van der Waals surface area (Å²) in [5, 5.41) is 9.19. The summed E-state index contributed by atoms with van der Waals surface area (Å²) < 4.78 is 0. The van der Waals surface area contributed by atoms with Crippen molar-refractivity contribution in [2.45, 2.75) is 38.1 Å². The van der Waals surface area contributed by atoms with Crippen LogP contribution in [0.5, 0.6) is 0 Å². The molecule has 0 unspecified atom stereocenters. The van der Waals surface area contributed by atoms with Gasteiger partial charge < -0.3 is 5.32 Å². The molecule has 0 atom stereocenters. The van der Waals surface area contributed by atoms with Crippen molar-refractivity contribution < 1.29 is 4.79 Å². The van der Waals surface area contributed by atoms with Gasteiger partial charge in [0, 0.05) is 17.1 Å². The van der Waals surface area contributed by atoms with Gasteiger partial charge in [0.15, 0.2) is 5.11 Å². The molecule has 3 rings (SSSR count). The van der Waals surface area contributed by atoms with Crippen LogP contribution in [0.25, 0.3) is 6.08 Å². The fourth-order valence-electron chi connectivity index (χ4n) is 2.78. The molecule has 0 aromatic heterocycles. The molecule has 1 fully saturated rings. The molecule has 1 aliphatic carbocycles. The molecule has 5 nitrogen and oxygen atoms in total. The summed E-state index contributed by atoms with van der Waals surface area (Å²) in [4.78, 5) is 15.9. The number of hydrazone groups is 1. The van der Waals surface area contributed by atoms with E-state index >= 15 is 0 Å². The van der Waals surface area contributed by atoms with Gasteiger partial charge in [0.1, 0.15) is 5.57 Å². The lowest BCUT2D eigenvalue weighted by Crippen LogP contribution is -2.40. The predicted molar refractivity (Wildman–Crippen MR) is 93.4 cm³/mol. The first kappa shape index (κ1) is 15.6. The zero-order chi connectivity index (χ0) is 16.1. The van der Waals surface area contributed by atoms with Crippen LogP contribution in [-0.4, -0.2) is 22.9 Å². The quantitative estimate of drug-likeness (QED) is 0.367. The van der Waals surface area contributed by atoms with Gasteiger partial charge in [-0.05, 0) is 37.2 Å². The molecule has 1 saturated carbocycles. The van der Waals surface area contributed by atoms with E-state index in [2.05, 4.69) is 26.7 Å². The van der Waals surface area contributed by atoms with Gasteiger partial charge in [-0.3, -0.25) is 4.79 Å². The van der Waals surface area contributed by atoms with E-state index in [1.807, 2.05) is 18.2 Å². The number of carbonyl (C=O) groups excluding carboxylic acids is 1. The largest absolute Gasteiger partial charge is 0.359 e. The van der Waals surface area contributed by atoms with Crippen LogP contribution in [0.1, 0.15) is 32.1 Å². The maximum atomic E-state index is 11.9. The first-order valence-electron chi connectivity index (χ1n) is 7.81. The van der Waals surface area contributed by atoms with Gasteiger partial charge in [-0.2, -0.15) is 0 Å². The molecular weight excluding hydrogens is 308 g/mol. The Kier molecular flexibility index (Phi) is 4.95. The summed E-state index contributed by atoms with van der Waals surface area (Å²) >= 11 is 5.21. The zero-order valence-corrected chi connectivity index (χ0v) is 13.5. The standard InChI is InChI=1S/C17H18N4OS/c22-16-13(10-12-6-4-5-9-15(12)20-16)11-18-21-17(23)19-14-7-2-1-3-8-14/h4-6,9-10,14H,1-3,7-8H2,(H2,19,21,23). The number of nitrogens with one attached hydrogen (secondary N) is 2. The van der Waals surface area contributed by atoms with E-state index in [-0.39, 0.29) is 5.91 Å². The van der Waals surface area contributed by atoms with Crippen LogP contribution in [0.15, 0.2) is 39.9 Å². The van der Waals surface area contributed by atoms with Gasteiger partial charge in [0.05, 0.1) is 5.36 Å². The van der Waals surface area contributed by atoms with Crippen molar-refractivity contribution in [1.29, 1.82) is 0 Å². The predicted octanol–water partition coefficient (Wildman–Crippen LogP) is 0.935. The summed E-state index contributed by atoms with van der Waals surface area (Å²) in [6, 6.07) is 7.87. The molecule has 1 aromatic rings. The van der Waals surface area contributed by atoms with Gasteiger partial charge in [0.2, 0.25) is 0 Å². The molecular formula is C17H18N4OS. The number of thiocarbonyl (C=S) groups is 1. The number of nitrogens with zero attached hydrogens (tertiary/aromatic N) is 2. The maximum absolute atomic E-state index is 11.9. The normalized spacial score (nSPS) is 17.2. The average Bonchev–Trinajstić information content (AvgIpc) is 2.56. The zero-order valence-electron chi connectivity index (χ0n) is 12.7. The molecule has 1 aromatic carbocycles. The lowest BCUT2D eigenvalue weighted by Gasteiger charge is -2.23. The third-order valence-corrected chi connectivity index (χ3v) is 4.17. The second-order valence-corrected chi connectivity index (χ2v) is 6.09. The smallest absolute Gasteiger partial charge is 0.287 e. The van der Waals surface area contributed by atoms with Gasteiger partial charge >= 0.3 is 0 Å². The molecule has 23 heavy (non-hydrogen) atoms. The number of rotatable bonds is 2. The van der Waals surface area contributed by atoms with Crippen LogP contribution in [-0.2, 0) is 4.79 Å². The van der Waals surface area contributed by atoms with Gasteiger partial charge in [-0.1, -0.05) is 37.5 Å². The Hall–Kier alpha value is -2.30. The third kappa shape index (κ3) is 4.12. The second-order valence-electron chi connectivity index (χ2n) is 5.68. The van der Waals surface area contributed by atoms with Crippen LogP contribution < -0.4 is 21.3 Å². The van der Waals surface area contributed by atoms with E-state index in [0.29, 0.717) is 22.1 Å². The summed E-state index contributed by atoms with van der Waals surface area (Å²) in [5.41, 5.74) is 3.04. The fourth-order valence-corrected chi connectivity index (χ4v) is 2.99. The Balaban J connectivity index is 1.66. The van der Waals surface area contributed by atoms with Crippen molar-refractivity contribution >= 4 is 35.2 Å². The first-order chi connectivity index (χ1) is 11.2. The molecule has 1 heterocycles. The number of para-hydroxylation sites is 1. The highest BCUT2D eigenvalue weighted by molar-refractivity contribution is 7.80. The summed E-state index contributed by atoms with van der Waals surface area (Å²) in [7, 11) is 0. The van der Waals surface area contributed by atoms with Crippen molar-refractivity contribution in [2.24, 2.45) is 10.1 Å². The van der Waals surface area contributed by atoms with Crippen LogP contribution in [0.4, 0.5) is 0 Å². The van der Waals surface area contributed by atoms with Crippen molar-refractivity contribution in [3.05, 3.63) is 40.4 Å². The minimum atomic E-state index is -0.347. The second kappa shape index (κ2) is 7.31. The van der Waals surface area contributed by atoms with E-state index in [1.165, 1.54) is 19.3 Å². The first-order valence-corrected chi connectivity index (χ1v) is 8.22. The van der Waals surface area contributed by atoms with E-state index in [9.17, 15) is 4.79 Å². The molecule has 1 aliphatic heterocycles. The van der Waals surface area contributed by atoms with E-state index < -0.39 is 0 Å². The number of benzene rings is 1. The van der Waals surface area contributed by atoms with Crippen molar-refractivity contribution in [2.75, 3.05) is 0 Å². The lowest BCUT2D eigenvalue weighted by molar-refractivity contribution is -0.114. The number of amides is 1. The minimum Gasteiger partial charge on any atom is -0.359 e. The van der Waals surface area contributed by atoms with E-state index in [0.717, 1.165) is 18.1 Å². The molecule has 118 valence electrons. The molecule has 6 heteroatoms. The molecule has 0 bridgehead atoms. The number of hydrogen-bond donors (Lipinski definition) is 2. The van der Waals surface area contributed by atoms with Crippen LogP contribution in [0, 0.1) is 0 Å². The molecule has 1 amide bonds. The van der Waals surface area contributed by atoms with Crippen molar-refractivity contribution in [1.82, 2.24) is 10.7 Å². The fraction of sp³-hybridized carbons (Fsp3) is 0.353. The van der Waals surface area contributed by atoms with Gasteiger partial charge in [-0.15, -0.1) is 5.10 Å². The lowest BCUT2D eigenvalue weighted by atomic mass is 9.96. The molecule has 0 saturated heterocycles. The summed E-state index contributed by atoms with van der Waals surface area (Å²) in [6.45, 7) is 0. The maximum Gasteiger partial charge on any atom is 0.287 e. The number of fused-ring (bicyclic) bond motifs is 1. The highest BCUT2D eigenvalue weighted by atomic mass is 32.1. The molecule has 2 aliphatic rings. The van der Waals surface area contributed by atoms with Crippen LogP contribution in [0.3, 0.4) is 0 Å². The Morgan fingerprint density at radius 3 is 2.87 bits per heavy atom. The minimum absolute atomic E-state index is 0.316. The third-order valence-electron chi connectivity index (χ3n) is 3.96. The Morgan fingerprint density at radius 1 is 1.26 bits per heavy atom. The highest BCUT2D eigenvalue weighted by Gasteiger charge is 2.13. The van der Waals surface area contributed by atoms with Crippen LogP contribution >= 0.6 is 12.2 Å². The Morgan fingerprint density at radius 2 is 2.04 bits per heavy atom. The molecule has 0 spiro atoms. The van der Waals surface area contributed by atoms with Crippen LogP contribution in [0.2, 0.25) is 0 Å². The molecule has 2 N–H and O–H groups in total. The Bertz CT molecular complexity index is 802. The summed E-state index contributed by atoms with van der Waals surface area (Å²) in [5.74, 6) is 2.34. The summed E-state index contributed by atoms with van der Waals surface area (Å²) in [6.07, 6.45) is 7.76. The van der Waals surface area contributed by atoms with E-state index in [4.69, 9.17) is 12.2 Å². The van der Waals surface area contributed by atoms with Gasteiger partial charge in [0.25, 0.3) is 5.91 Å². The average molecular weight is 326 g/mol. The highest BCUT2D eigenvalue weighted by Crippen LogP contribution is 2.17. The van der Waals surface area contributed by atoms with E-state index in [1.54, 1.807) is 12.1 Å². The molecule has 0 radical (unpaired) electrons. The number of hydrogen-bond acceptors (Lipinski definition) is 3. The SMILES string of the molecule is O=C1N=c2ccccc2=CC1=C=NNC(=S)NC1CCCCC1.